The van der Waals surface area contributed by atoms with Crippen molar-refractivity contribution in [2.24, 2.45) is 17.6 Å². The smallest absolute Gasteiger partial charge is 0.250 e. The molecule has 5 rings (SSSR count). The van der Waals surface area contributed by atoms with E-state index in [0.29, 0.717) is 11.3 Å². The Morgan fingerprint density at radius 3 is 2.47 bits per heavy atom. The number of imide groups is 1. The Morgan fingerprint density at radius 2 is 1.78 bits per heavy atom. The summed E-state index contributed by atoms with van der Waals surface area (Å²) in [6, 6.07) is 12.2. The van der Waals surface area contributed by atoms with E-state index in [9.17, 15) is 19.2 Å². The molecule has 0 radical (unpaired) electrons. The third-order valence-corrected chi connectivity index (χ3v) is 7.12. The summed E-state index contributed by atoms with van der Waals surface area (Å²) in [4.78, 5) is 53.6. The van der Waals surface area contributed by atoms with Gasteiger partial charge in [-0.25, -0.2) is 0 Å². The van der Waals surface area contributed by atoms with E-state index >= 15 is 0 Å². The molecule has 8 heteroatoms. The molecule has 0 aromatic heterocycles. The van der Waals surface area contributed by atoms with E-state index in [2.05, 4.69) is 10.6 Å². The molecule has 3 aliphatic rings. The van der Waals surface area contributed by atoms with E-state index < -0.39 is 35.2 Å². The number of likely N-dealkylation sites (tertiary alicyclic amines) is 1. The van der Waals surface area contributed by atoms with Crippen molar-refractivity contribution in [3.63, 3.8) is 0 Å². The lowest BCUT2D eigenvalue weighted by molar-refractivity contribution is -0.143. The van der Waals surface area contributed by atoms with Gasteiger partial charge in [-0.1, -0.05) is 42.5 Å². The monoisotopic (exact) mass is 432 g/mol. The molecule has 1 spiro atoms. The van der Waals surface area contributed by atoms with Crippen LogP contribution in [0.1, 0.15) is 28.7 Å². The number of aryl methyl sites for hydroxylation is 1. The summed E-state index contributed by atoms with van der Waals surface area (Å²) in [6.45, 7) is 3.97. The van der Waals surface area contributed by atoms with Gasteiger partial charge < -0.3 is 11.1 Å². The van der Waals surface area contributed by atoms with Crippen LogP contribution < -0.4 is 16.4 Å². The van der Waals surface area contributed by atoms with Crippen molar-refractivity contribution >= 4 is 29.3 Å². The number of hydrogen-bond acceptors (Lipinski definition) is 5. The molecule has 164 valence electrons. The van der Waals surface area contributed by atoms with E-state index in [1.807, 2.05) is 56.3 Å². The molecular weight excluding hydrogens is 408 g/mol. The van der Waals surface area contributed by atoms with Crippen LogP contribution in [0.2, 0.25) is 0 Å². The molecule has 4 N–H and O–H groups in total. The maximum atomic E-state index is 13.7. The molecule has 2 fully saturated rings. The van der Waals surface area contributed by atoms with Crippen molar-refractivity contribution in [2.75, 3.05) is 5.32 Å². The molecule has 4 atom stereocenters. The molecule has 32 heavy (non-hydrogen) atoms. The average Bonchev–Trinajstić information content (AvgIpc) is 3.32. The Bertz CT molecular complexity index is 1180. The van der Waals surface area contributed by atoms with Crippen LogP contribution in [0.25, 0.3) is 0 Å². The summed E-state index contributed by atoms with van der Waals surface area (Å²) in [5.41, 5.74) is 8.05. The zero-order valence-electron chi connectivity index (χ0n) is 17.8. The molecule has 3 aliphatic heterocycles. The van der Waals surface area contributed by atoms with Gasteiger partial charge in [0.15, 0.2) is 0 Å². The minimum Gasteiger partial charge on any atom is -0.370 e. The van der Waals surface area contributed by atoms with Gasteiger partial charge in [0.1, 0.15) is 5.54 Å². The first kappa shape index (κ1) is 20.4. The van der Waals surface area contributed by atoms with Crippen LogP contribution in [0.3, 0.4) is 0 Å². The molecule has 2 saturated heterocycles. The maximum absolute atomic E-state index is 13.7. The first-order valence-corrected chi connectivity index (χ1v) is 10.6. The van der Waals surface area contributed by atoms with Crippen LogP contribution >= 0.6 is 0 Å². The Balaban J connectivity index is 1.63. The van der Waals surface area contributed by atoms with Gasteiger partial charge in [0.05, 0.1) is 18.4 Å². The van der Waals surface area contributed by atoms with Crippen molar-refractivity contribution in [1.29, 1.82) is 0 Å². The van der Waals surface area contributed by atoms with Crippen molar-refractivity contribution in [3.8, 4) is 0 Å². The lowest BCUT2D eigenvalue weighted by atomic mass is 9.76. The Hall–Kier alpha value is -3.52. The molecule has 2 aromatic carbocycles. The molecule has 3 heterocycles. The molecule has 3 unspecified atom stereocenters. The van der Waals surface area contributed by atoms with Gasteiger partial charge in [-0.2, -0.15) is 0 Å². The van der Waals surface area contributed by atoms with Gasteiger partial charge in [0, 0.05) is 23.7 Å². The highest BCUT2D eigenvalue weighted by molar-refractivity contribution is 6.15. The highest BCUT2D eigenvalue weighted by Gasteiger charge is 2.70. The minimum atomic E-state index is -1.42. The number of amides is 4. The van der Waals surface area contributed by atoms with Gasteiger partial charge in [-0.3, -0.25) is 29.4 Å². The molecule has 0 aliphatic carbocycles. The number of primary amides is 1. The van der Waals surface area contributed by atoms with Crippen LogP contribution in [-0.2, 0) is 31.3 Å². The van der Waals surface area contributed by atoms with Gasteiger partial charge in [-0.05, 0) is 30.5 Å². The lowest BCUT2D eigenvalue weighted by Crippen LogP contribution is -2.53. The van der Waals surface area contributed by atoms with Crippen LogP contribution in [0.15, 0.2) is 42.5 Å². The quantitative estimate of drug-likeness (QED) is 0.625. The van der Waals surface area contributed by atoms with E-state index in [-0.39, 0.29) is 24.8 Å². The third kappa shape index (κ3) is 2.65. The van der Waals surface area contributed by atoms with E-state index in [4.69, 9.17) is 5.73 Å². The summed E-state index contributed by atoms with van der Waals surface area (Å²) in [7, 11) is 0. The fraction of sp³-hybridized carbons (Fsp3) is 0.333. The van der Waals surface area contributed by atoms with Crippen molar-refractivity contribution < 1.29 is 19.2 Å². The predicted molar refractivity (Wildman–Crippen MR) is 116 cm³/mol. The number of benzene rings is 2. The molecule has 8 nitrogen and oxygen atoms in total. The van der Waals surface area contributed by atoms with Crippen molar-refractivity contribution in [3.05, 3.63) is 64.7 Å². The highest BCUT2D eigenvalue weighted by Crippen LogP contribution is 2.54. The van der Waals surface area contributed by atoms with E-state index in [1.165, 1.54) is 4.90 Å². The summed E-state index contributed by atoms with van der Waals surface area (Å²) < 4.78 is 0. The molecule has 2 aromatic rings. The first-order chi connectivity index (χ1) is 15.3. The summed E-state index contributed by atoms with van der Waals surface area (Å²) >= 11 is 0. The second-order valence-corrected chi connectivity index (χ2v) is 8.87. The second-order valence-electron chi connectivity index (χ2n) is 8.87. The minimum absolute atomic E-state index is 0.117. The largest absolute Gasteiger partial charge is 0.370 e. The number of rotatable bonds is 4. The Labute approximate surface area is 185 Å². The van der Waals surface area contributed by atoms with Crippen molar-refractivity contribution in [2.45, 2.75) is 38.4 Å². The fourth-order valence-electron chi connectivity index (χ4n) is 5.49. The number of carbonyl (C=O) groups excluding carboxylic acids is 4. The number of hydrogen-bond donors (Lipinski definition) is 3. The number of carbonyl (C=O) groups is 4. The zero-order chi connectivity index (χ0) is 22.8. The SMILES string of the molecule is Cc1ccc2c(c1C)NC(=O)[C@]21NC(CC(N)=O)C2C(=O)N(Cc3ccccc3)C(=O)C21. The number of fused-ring (bicyclic) bond motifs is 4. The van der Waals surface area contributed by atoms with E-state index in [1.54, 1.807) is 0 Å². The molecular formula is C24H24N4O4. The van der Waals surface area contributed by atoms with Crippen LogP contribution in [0.4, 0.5) is 5.69 Å². The Kier molecular flexibility index (Phi) is 4.46. The predicted octanol–water partition coefficient (Wildman–Crippen LogP) is 1.10. The normalized spacial score (nSPS) is 28.2. The van der Waals surface area contributed by atoms with Crippen LogP contribution in [-0.4, -0.2) is 34.6 Å². The summed E-state index contributed by atoms with van der Waals surface area (Å²) in [5.74, 6) is -3.58. The molecule has 4 amide bonds. The average molecular weight is 432 g/mol. The molecule has 0 bridgehead atoms. The highest BCUT2D eigenvalue weighted by atomic mass is 16.2. The van der Waals surface area contributed by atoms with Crippen molar-refractivity contribution in [1.82, 2.24) is 10.2 Å². The lowest BCUT2D eigenvalue weighted by Gasteiger charge is -2.29. The number of anilines is 1. The second kappa shape index (κ2) is 7.00. The van der Waals surface area contributed by atoms with Crippen LogP contribution in [0.5, 0.6) is 0 Å². The summed E-state index contributed by atoms with van der Waals surface area (Å²) in [5, 5.41) is 6.14. The maximum Gasteiger partial charge on any atom is 0.250 e. The van der Waals surface area contributed by atoms with Gasteiger partial charge in [-0.15, -0.1) is 0 Å². The fourth-order valence-corrected chi connectivity index (χ4v) is 5.49. The van der Waals surface area contributed by atoms with Gasteiger partial charge in [0.2, 0.25) is 23.6 Å². The standard InChI is InChI=1S/C24H24N4O4/c1-12-8-9-15-20(13(12)2)26-23(32)24(15)19-18(16(27-24)10-17(25)29)21(30)28(22(19)31)11-14-6-4-3-5-7-14/h3-9,16,18-19,27H,10-11H2,1-2H3,(H2,25,29)(H,26,32)/t16?,18?,19?,24-/m0/s1. The van der Waals surface area contributed by atoms with Gasteiger partial charge in [0.25, 0.3) is 0 Å². The number of nitrogens with two attached hydrogens (primary N) is 1. The van der Waals surface area contributed by atoms with E-state index in [0.717, 1.165) is 16.7 Å². The number of nitrogens with zero attached hydrogens (tertiary/aromatic N) is 1. The topological polar surface area (TPSA) is 122 Å². The number of nitrogens with one attached hydrogen (secondary N) is 2. The van der Waals surface area contributed by atoms with Crippen LogP contribution in [0, 0.1) is 25.7 Å². The Morgan fingerprint density at radius 1 is 1.06 bits per heavy atom. The first-order valence-electron chi connectivity index (χ1n) is 10.6. The van der Waals surface area contributed by atoms with Gasteiger partial charge >= 0.3 is 0 Å². The zero-order valence-corrected chi connectivity index (χ0v) is 17.8. The third-order valence-electron chi connectivity index (χ3n) is 7.12. The summed E-state index contributed by atoms with van der Waals surface area (Å²) in [6.07, 6.45) is -0.144. The molecule has 0 saturated carbocycles.